The number of aromatic nitrogens is 3. The molecule has 0 saturated carbocycles. The van der Waals surface area contributed by atoms with Crippen LogP contribution in [0.4, 0.5) is 4.39 Å². The van der Waals surface area contributed by atoms with E-state index in [1.165, 1.54) is 22.9 Å². The van der Waals surface area contributed by atoms with Gasteiger partial charge in [0, 0.05) is 13.5 Å². The Labute approximate surface area is 168 Å². The fourth-order valence-corrected chi connectivity index (χ4v) is 3.27. The van der Waals surface area contributed by atoms with Crippen LogP contribution in [0.1, 0.15) is 49.9 Å². The predicted octanol–water partition coefficient (Wildman–Crippen LogP) is 3.32. The van der Waals surface area contributed by atoms with E-state index in [1.807, 2.05) is 13.8 Å². The average molecular weight is 400 g/mol. The van der Waals surface area contributed by atoms with Gasteiger partial charge in [0.1, 0.15) is 17.4 Å². The molecule has 1 aliphatic rings. The zero-order valence-corrected chi connectivity index (χ0v) is 16.8. The lowest BCUT2D eigenvalue weighted by molar-refractivity contribution is 0.443. The summed E-state index contributed by atoms with van der Waals surface area (Å²) < 4.78 is 20.1. The fourth-order valence-electron chi connectivity index (χ4n) is 3.27. The summed E-state index contributed by atoms with van der Waals surface area (Å²) in [5.74, 6) is 0.359. The lowest BCUT2D eigenvalue weighted by Crippen LogP contribution is -2.27. The molecule has 154 valence electrons. The van der Waals surface area contributed by atoms with Crippen molar-refractivity contribution in [2.45, 2.75) is 39.2 Å². The average Bonchev–Trinajstić information content (AvgIpc) is 3.42. The number of halogens is 1. The predicted molar refractivity (Wildman–Crippen MR) is 107 cm³/mol. The number of nitrogens with one attached hydrogen (secondary N) is 1. The van der Waals surface area contributed by atoms with E-state index in [1.54, 1.807) is 19.2 Å². The first-order valence-corrected chi connectivity index (χ1v) is 9.75. The van der Waals surface area contributed by atoms with Gasteiger partial charge in [-0.2, -0.15) is 0 Å². The molecule has 3 heterocycles. The molecule has 29 heavy (non-hydrogen) atoms. The molecule has 1 fully saturated rings. The number of oxazole rings is 1. The molecule has 8 heteroatoms. The van der Waals surface area contributed by atoms with Crippen LogP contribution in [0.15, 0.2) is 39.7 Å². The van der Waals surface area contributed by atoms with Crippen LogP contribution < -0.4 is 10.9 Å². The standard InChI is InChI=1S/C19H19FN4O3.C2H6/c1-24-17(14-3-2-8-21-14)23-15(16(25)19(24)26)18-22-10-13(27-18)9-11-4-6-12(20)7-5-11;1-2/h4-7,10,14,21,25H,2-3,8-9H2,1H3;1-2H3. The third kappa shape index (κ3) is 4.37. The summed E-state index contributed by atoms with van der Waals surface area (Å²) in [7, 11) is 1.59. The van der Waals surface area contributed by atoms with Crippen LogP contribution in [0, 0.1) is 5.82 Å². The molecular formula is C21H25FN4O3. The molecule has 1 aromatic carbocycles. The number of aromatic hydroxyl groups is 1. The summed E-state index contributed by atoms with van der Waals surface area (Å²) in [5, 5.41) is 13.6. The summed E-state index contributed by atoms with van der Waals surface area (Å²) in [6.07, 6.45) is 3.80. The van der Waals surface area contributed by atoms with E-state index in [0.717, 1.165) is 24.9 Å². The first-order valence-electron chi connectivity index (χ1n) is 9.75. The van der Waals surface area contributed by atoms with Crippen LogP contribution in [-0.2, 0) is 13.5 Å². The van der Waals surface area contributed by atoms with Gasteiger partial charge >= 0.3 is 0 Å². The molecule has 1 saturated heterocycles. The van der Waals surface area contributed by atoms with Crippen molar-refractivity contribution in [2.24, 2.45) is 7.05 Å². The number of hydrogen-bond donors (Lipinski definition) is 2. The zero-order chi connectivity index (χ0) is 21.0. The molecule has 0 aliphatic carbocycles. The van der Waals surface area contributed by atoms with E-state index in [2.05, 4.69) is 15.3 Å². The molecule has 0 amide bonds. The van der Waals surface area contributed by atoms with Crippen molar-refractivity contribution in [1.29, 1.82) is 0 Å². The molecule has 4 rings (SSSR count). The molecule has 7 nitrogen and oxygen atoms in total. The van der Waals surface area contributed by atoms with Crippen LogP contribution in [-0.4, -0.2) is 26.2 Å². The van der Waals surface area contributed by atoms with Crippen molar-refractivity contribution >= 4 is 0 Å². The Balaban J connectivity index is 0.00000117. The van der Waals surface area contributed by atoms with Gasteiger partial charge in [-0.15, -0.1) is 0 Å². The molecule has 1 aliphatic heterocycles. The second-order valence-electron chi connectivity index (χ2n) is 6.62. The first kappa shape index (κ1) is 20.7. The molecule has 0 spiro atoms. The minimum Gasteiger partial charge on any atom is -0.501 e. The highest BCUT2D eigenvalue weighted by atomic mass is 19.1. The van der Waals surface area contributed by atoms with Gasteiger partial charge in [-0.05, 0) is 37.1 Å². The van der Waals surface area contributed by atoms with Crippen molar-refractivity contribution in [2.75, 3.05) is 6.54 Å². The van der Waals surface area contributed by atoms with Crippen LogP contribution >= 0.6 is 0 Å². The van der Waals surface area contributed by atoms with Crippen molar-refractivity contribution in [3.05, 3.63) is 63.8 Å². The SMILES string of the molecule is CC.Cn1c(C2CCCN2)nc(-c2ncc(Cc3ccc(F)cc3)o2)c(O)c1=O. The van der Waals surface area contributed by atoms with E-state index in [9.17, 15) is 14.3 Å². The largest absolute Gasteiger partial charge is 0.501 e. The molecule has 2 aromatic heterocycles. The van der Waals surface area contributed by atoms with Crippen molar-refractivity contribution in [3.63, 3.8) is 0 Å². The molecule has 1 unspecified atom stereocenters. The zero-order valence-electron chi connectivity index (χ0n) is 16.8. The van der Waals surface area contributed by atoms with Gasteiger partial charge in [-0.3, -0.25) is 9.36 Å². The lowest BCUT2D eigenvalue weighted by atomic mass is 10.1. The Morgan fingerprint density at radius 3 is 2.69 bits per heavy atom. The highest BCUT2D eigenvalue weighted by molar-refractivity contribution is 5.56. The highest BCUT2D eigenvalue weighted by Crippen LogP contribution is 2.28. The minimum atomic E-state index is -0.540. The van der Waals surface area contributed by atoms with E-state index in [0.29, 0.717) is 18.0 Å². The Morgan fingerprint density at radius 1 is 1.31 bits per heavy atom. The first-order chi connectivity index (χ1) is 14.0. The molecule has 1 atom stereocenters. The quantitative estimate of drug-likeness (QED) is 0.698. The summed E-state index contributed by atoms with van der Waals surface area (Å²) in [4.78, 5) is 21.0. The Bertz CT molecular complexity index is 1020. The smallest absolute Gasteiger partial charge is 0.296 e. The van der Waals surface area contributed by atoms with Gasteiger partial charge in [0.2, 0.25) is 11.6 Å². The van der Waals surface area contributed by atoms with Gasteiger partial charge < -0.3 is 14.8 Å². The molecular weight excluding hydrogens is 375 g/mol. The second kappa shape index (κ2) is 9.00. The lowest BCUT2D eigenvalue weighted by Gasteiger charge is -2.15. The summed E-state index contributed by atoms with van der Waals surface area (Å²) in [6.45, 7) is 4.86. The third-order valence-electron chi connectivity index (χ3n) is 4.72. The number of rotatable bonds is 4. The number of nitrogens with zero attached hydrogens (tertiary/aromatic N) is 3. The van der Waals surface area contributed by atoms with Gasteiger partial charge in [0.05, 0.1) is 12.2 Å². The number of hydrogen-bond acceptors (Lipinski definition) is 6. The fraction of sp³-hybridized carbons (Fsp3) is 0.381. The molecule has 0 bridgehead atoms. The van der Waals surface area contributed by atoms with Gasteiger partial charge in [0.25, 0.3) is 5.56 Å². The summed E-state index contributed by atoms with van der Waals surface area (Å²) >= 11 is 0. The van der Waals surface area contributed by atoms with Crippen molar-refractivity contribution < 1.29 is 13.9 Å². The van der Waals surface area contributed by atoms with Crippen LogP contribution in [0.3, 0.4) is 0 Å². The molecule has 2 N–H and O–H groups in total. The maximum Gasteiger partial charge on any atom is 0.296 e. The van der Waals surface area contributed by atoms with Gasteiger partial charge in [-0.25, -0.2) is 14.4 Å². The third-order valence-corrected chi connectivity index (χ3v) is 4.72. The van der Waals surface area contributed by atoms with E-state index in [-0.39, 0.29) is 23.4 Å². The van der Waals surface area contributed by atoms with E-state index < -0.39 is 11.3 Å². The van der Waals surface area contributed by atoms with E-state index in [4.69, 9.17) is 4.42 Å². The van der Waals surface area contributed by atoms with Crippen LogP contribution in [0.2, 0.25) is 0 Å². The maximum atomic E-state index is 13.0. The summed E-state index contributed by atoms with van der Waals surface area (Å²) in [5.41, 5.74) is 0.352. The Hall–Kier alpha value is -3.00. The topological polar surface area (TPSA) is 93.2 Å². The Kier molecular flexibility index (Phi) is 6.43. The van der Waals surface area contributed by atoms with Gasteiger partial charge in [0.15, 0.2) is 5.69 Å². The number of benzene rings is 1. The van der Waals surface area contributed by atoms with Crippen molar-refractivity contribution in [1.82, 2.24) is 19.9 Å². The van der Waals surface area contributed by atoms with Crippen molar-refractivity contribution in [3.8, 4) is 17.3 Å². The maximum absolute atomic E-state index is 13.0. The van der Waals surface area contributed by atoms with Crippen LogP contribution in [0.5, 0.6) is 5.75 Å². The Morgan fingerprint density at radius 2 is 2.03 bits per heavy atom. The monoisotopic (exact) mass is 400 g/mol. The van der Waals surface area contributed by atoms with E-state index >= 15 is 0 Å². The van der Waals surface area contributed by atoms with Gasteiger partial charge in [-0.1, -0.05) is 26.0 Å². The summed E-state index contributed by atoms with van der Waals surface area (Å²) in [6, 6.07) is 6.03. The molecule has 3 aromatic rings. The second-order valence-corrected chi connectivity index (χ2v) is 6.62. The highest BCUT2D eigenvalue weighted by Gasteiger charge is 2.25. The minimum absolute atomic E-state index is 0.0344. The van der Waals surface area contributed by atoms with Crippen LogP contribution in [0.25, 0.3) is 11.6 Å². The molecule has 0 radical (unpaired) electrons. The normalized spacial score (nSPS) is 15.8.